The Morgan fingerprint density at radius 3 is 2.26 bits per heavy atom. The van der Waals surface area contributed by atoms with Crippen molar-refractivity contribution in [3.05, 3.63) is 48.5 Å². The van der Waals surface area contributed by atoms with Gasteiger partial charge in [0.1, 0.15) is 11.0 Å². The molecule has 1 N–H and O–H groups in total. The first-order chi connectivity index (χ1) is 17.2. The Kier molecular flexibility index (Phi) is 7.81. The summed E-state index contributed by atoms with van der Waals surface area (Å²) in [6.07, 6.45) is 5.64. The molecule has 8 heteroatoms. The number of carbonyl (C=O) groups is 1. The van der Waals surface area contributed by atoms with Gasteiger partial charge in [-0.25, -0.2) is 8.51 Å². The number of hydrogen-bond acceptors (Lipinski definition) is 4. The minimum Gasteiger partial charge on any atom is -0.378 e. The van der Waals surface area contributed by atoms with Crippen LogP contribution >= 0.6 is 0 Å². The van der Waals surface area contributed by atoms with E-state index in [9.17, 15) is 9.00 Å². The zero-order valence-corrected chi connectivity index (χ0v) is 21.0. The number of aromatic amines is 1. The molecule has 6 rings (SSSR count). The summed E-state index contributed by atoms with van der Waals surface area (Å²) in [6.45, 7) is 6.96. The molecule has 35 heavy (non-hydrogen) atoms. The van der Waals surface area contributed by atoms with Crippen LogP contribution < -0.4 is 4.90 Å². The molecule has 0 saturated carbocycles. The highest BCUT2D eigenvalue weighted by atomic mass is 32.2. The Labute approximate surface area is 209 Å². The van der Waals surface area contributed by atoms with Gasteiger partial charge in [0, 0.05) is 67.1 Å². The first kappa shape index (κ1) is 24.0. The lowest BCUT2D eigenvalue weighted by molar-refractivity contribution is -0.121. The summed E-state index contributed by atoms with van der Waals surface area (Å²) in [5.74, 6) is 0. The number of carbonyl (C=O) groups excluding carboxylic acids is 1. The number of amides is 1. The fraction of sp³-hybridized carbons (Fsp3) is 0.444. The second kappa shape index (κ2) is 11.4. The van der Waals surface area contributed by atoms with Crippen LogP contribution in [0.5, 0.6) is 0 Å². The van der Waals surface area contributed by atoms with Gasteiger partial charge in [-0.2, -0.15) is 0 Å². The lowest BCUT2D eigenvalue weighted by atomic mass is 10.1. The minimum atomic E-state index is -1.07. The van der Waals surface area contributed by atoms with Gasteiger partial charge in [-0.1, -0.05) is 18.2 Å². The monoisotopic (exact) mass is 494 g/mol. The predicted octanol–water partition coefficient (Wildman–Crippen LogP) is 4.03. The van der Waals surface area contributed by atoms with Crippen LogP contribution in [0.2, 0.25) is 0 Å². The van der Waals surface area contributed by atoms with E-state index in [2.05, 4.69) is 62.7 Å². The Morgan fingerprint density at radius 1 is 0.857 bits per heavy atom. The maximum atomic E-state index is 13.0. The van der Waals surface area contributed by atoms with Crippen LogP contribution in [0, 0.1) is 0 Å². The van der Waals surface area contributed by atoms with Crippen molar-refractivity contribution < 1.29 is 13.7 Å². The number of rotatable bonds is 5. The van der Waals surface area contributed by atoms with Crippen LogP contribution in [-0.4, -0.2) is 77.3 Å². The molecule has 3 aromatic rings. The maximum Gasteiger partial charge on any atom is 0.209 e. The van der Waals surface area contributed by atoms with E-state index >= 15 is 0 Å². The van der Waals surface area contributed by atoms with Gasteiger partial charge < -0.3 is 19.5 Å². The second-order valence-electron chi connectivity index (χ2n) is 9.28. The molecule has 0 radical (unpaired) electrons. The summed E-state index contributed by atoms with van der Waals surface area (Å²) in [7, 11) is -1.07. The van der Waals surface area contributed by atoms with Crippen molar-refractivity contribution >= 4 is 34.0 Å². The van der Waals surface area contributed by atoms with Crippen LogP contribution in [0.25, 0.3) is 22.2 Å². The third-order valence-electron chi connectivity index (χ3n) is 6.93. The number of fused-ring (bicyclic) bond motifs is 1. The topological polar surface area (TPSA) is 68.9 Å². The molecule has 0 bridgehead atoms. The molecule has 4 heterocycles. The molecule has 186 valence electrons. The number of nitrogens with zero attached hydrogens (tertiary/aromatic N) is 3. The van der Waals surface area contributed by atoms with Gasteiger partial charge in [0.25, 0.3) is 0 Å². The van der Waals surface area contributed by atoms with Crippen molar-refractivity contribution in [1.29, 1.82) is 0 Å². The molecule has 7 nitrogen and oxygen atoms in total. The summed E-state index contributed by atoms with van der Waals surface area (Å²) in [6, 6.07) is 17.0. The predicted molar refractivity (Wildman–Crippen MR) is 141 cm³/mol. The zero-order valence-electron chi connectivity index (χ0n) is 20.2. The highest BCUT2D eigenvalue weighted by Crippen LogP contribution is 2.36. The van der Waals surface area contributed by atoms with Crippen molar-refractivity contribution in [3.63, 3.8) is 0 Å². The number of benzene rings is 2. The average molecular weight is 495 g/mol. The number of hydrogen-bond donors (Lipinski definition) is 1. The Morgan fingerprint density at radius 2 is 1.57 bits per heavy atom. The van der Waals surface area contributed by atoms with Crippen molar-refractivity contribution in [2.45, 2.75) is 30.6 Å². The largest absolute Gasteiger partial charge is 0.378 e. The number of ether oxygens (including phenoxy) is 1. The third-order valence-corrected chi connectivity index (χ3v) is 8.42. The van der Waals surface area contributed by atoms with Gasteiger partial charge >= 0.3 is 0 Å². The van der Waals surface area contributed by atoms with Crippen LogP contribution in [0.4, 0.5) is 5.69 Å². The van der Waals surface area contributed by atoms with Crippen molar-refractivity contribution in [3.8, 4) is 11.3 Å². The number of nitrogens with one attached hydrogen (secondary N) is 1. The highest BCUT2D eigenvalue weighted by Gasteiger charge is 2.23. The number of morpholine rings is 1. The van der Waals surface area contributed by atoms with E-state index in [4.69, 9.17) is 4.74 Å². The summed E-state index contributed by atoms with van der Waals surface area (Å²) < 4.78 is 20.1. The van der Waals surface area contributed by atoms with Crippen molar-refractivity contribution in [1.82, 2.24) is 14.2 Å². The molecule has 0 spiro atoms. The Balaban J connectivity index is 0.000000271. The SMILES string of the molecule is O=CN1CCOCC1.O=S(c1ccc(N2CCCC2)c(-c2cc3ccccc3[nH]2)c1)N1CCCC1. The fourth-order valence-corrected chi connectivity index (χ4v) is 6.27. The quantitative estimate of drug-likeness (QED) is 0.544. The maximum absolute atomic E-state index is 13.0. The molecule has 3 aliphatic rings. The van der Waals surface area contributed by atoms with Gasteiger partial charge in [-0.15, -0.1) is 0 Å². The van der Waals surface area contributed by atoms with Crippen LogP contribution in [0.1, 0.15) is 25.7 Å². The van der Waals surface area contributed by atoms with E-state index < -0.39 is 11.0 Å². The van der Waals surface area contributed by atoms with Gasteiger partial charge in [-0.3, -0.25) is 4.79 Å². The van der Waals surface area contributed by atoms with Crippen LogP contribution in [-0.2, 0) is 20.5 Å². The average Bonchev–Trinajstić information content (AvgIpc) is 3.70. The van der Waals surface area contributed by atoms with E-state index in [0.29, 0.717) is 13.2 Å². The Hall–Kier alpha value is -2.68. The summed E-state index contributed by atoms with van der Waals surface area (Å²) in [4.78, 5) is 18.7. The standard InChI is InChI=1S/C22H25N3OS.C5H9NO2/c26-27(25-13-5-6-14-25)18-9-10-22(24-11-3-4-12-24)19(16-18)21-15-17-7-1-2-8-20(17)23-21;7-5-6-1-3-8-4-2-6/h1-2,7-10,15-16,23H,3-6,11-14H2;5H,1-4H2. The van der Waals surface area contributed by atoms with Crippen LogP contribution in [0.15, 0.2) is 53.4 Å². The third kappa shape index (κ3) is 5.60. The fourth-order valence-electron chi connectivity index (χ4n) is 4.98. The molecule has 1 aromatic heterocycles. The smallest absolute Gasteiger partial charge is 0.209 e. The first-order valence-corrected chi connectivity index (χ1v) is 13.7. The first-order valence-electron chi connectivity index (χ1n) is 12.6. The van der Waals surface area contributed by atoms with Gasteiger partial charge in [0.2, 0.25) is 6.41 Å². The molecular weight excluding hydrogens is 460 g/mol. The molecule has 1 unspecified atom stereocenters. The lowest BCUT2D eigenvalue weighted by Crippen LogP contribution is -2.34. The van der Waals surface area contributed by atoms with Gasteiger partial charge in [0.05, 0.1) is 18.1 Å². The zero-order chi connectivity index (χ0) is 24.0. The Bertz CT molecular complexity index is 1130. The van der Waals surface area contributed by atoms with E-state index in [0.717, 1.165) is 80.2 Å². The molecule has 0 aliphatic carbocycles. The normalized spacial score (nSPS) is 19.5. The number of para-hydroxylation sites is 1. The number of H-pyrrole nitrogens is 1. The van der Waals surface area contributed by atoms with Gasteiger partial charge in [-0.05, 0) is 56.0 Å². The number of aromatic nitrogens is 1. The molecular formula is C27H34N4O3S. The van der Waals surface area contributed by atoms with Crippen LogP contribution in [0.3, 0.4) is 0 Å². The van der Waals surface area contributed by atoms with Gasteiger partial charge in [0.15, 0.2) is 0 Å². The highest BCUT2D eigenvalue weighted by molar-refractivity contribution is 7.82. The summed E-state index contributed by atoms with van der Waals surface area (Å²) in [5, 5.41) is 1.21. The van der Waals surface area contributed by atoms with Crippen molar-refractivity contribution in [2.75, 3.05) is 57.4 Å². The van der Waals surface area contributed by atoms with E-state index in [-0.39, 0.29) is 0 Å². The minimum absolute atomic E-state index is 0.693. The molecule has 1 amide bonds. The molecule has 3 saturated heterocycles. The van der Waals surface area contributed by atoms with E-state index in [1.54, 1.807) is 4.90 Å². The summed E-state index contributed by atoms with van der Waals surface area (Å²) in [5.41, 5.74) is 4.67. The molecule has 2 aromatic carbocycles. The second-order valence-corrected chi connectivity index (χ2v) is 10.8. The number of anilines is 1. The molecule has 3 fully saturated rings. The lowest BCUT2D eigenvalue weighted by Gasteiger charge is -2.22. The molecule has 3 aliphatic heterocycles. The van der Waals surface area contributed by atoms with Crippen molar-refractivity contribution in [2.24, 2.45) is 0 Å². The summed E-state index contributed by atoms with van der Waals surface area (Å²) >= 11 is 0. The molecule has 1 atom stereocenters. The van der Waals surface area contributed by atoms with E-state index in [1.165, 1.54) is 23.9 Å². The van der Waals surface area contributed by atoms with E-state index in [1.807, 2.05) is 0 Å².